The number of benzene rings is 2. The first-order valence-electron chi connectivity index (χ1n) is 6.00. The van der Waals surface area contributed by atoms with Crippen molar-refractivity contribution in [2.75, 3.05) is 10.6 Å². The van der Waals surface area contributed by atoms with Gasteiger partial charge in [0.25, 0.3) is 0 Å². The van der Waals surface area contributed by atoms with Crippen LogP contribution >= 0.6 is 12.2 Å². The number of para-hydroxylation sites is 1. The zero-order valence-electron chi connectivity index (χ0n) is 10.3. The summed E-state index contributed by atoms with van der Waals surface area (Å²) in [6.45, 7) is 2.14. The van der Waals surface area contributed by atoms with E-state index in [1.54, 1.807) is 0 Å². The number of aryl methyl sites for hydroxylation is 1. The van der Waals surface area contributed by atoms with Crippen molar-refractivity contribution in [1.29, 1.82) is 0 Å². The first-order chi connectivity index (χ1) is 8.78. The van der Waals surface area contributed by atoms with Crippen LogP contribution in [-0.4, -0.2) is 5.11 Å². The van der Waals surface area contributed by atoms with Crippen LogP contribution in [0.3, 0.4) is 0 Å². The van der Waals surface area contributed by atoms with Gasteiger partial charge in [0.05, 0.1) is 0 Å². The summed E-state index contributed by atoms with van der Waals surface area (Å²) in [5.41, 5.74) is 3.31. The number of hydrogen-bond donors (Lipinski definition) is 2. The molecular formula is C15H16N2S. The lowest BCUT2D eigenvalue weighted by molar-refractivity contribution is 1.14. The van der Waals surface area contributed by atoms with Crippen molar-refractivity contribution < 1.29 is 0 Å². The van der Waals surface area contributed by atoms with E-state index in [2.05, 4.69) is 29.7 Å². The molecule has 0 aliphatic heterocycles. The average molecular weight is 256 g/mol. The van der Waals surface area contributed by atoms with Crippen LogP contribution in [0.25, 0.3) is 0 Å². The van der Waals surface area contributed by atoms with Crippen LogP contribution in [0.4, 0.5) is 11.4 Å². The highest BCUT2D eigenvalue weighted by Crippen LogP contribution is 2.11. The second-order valence-electron chi connectivity index (χ2n) is 4.00. The van der Waals surface area contributed by atoms with Crippen LogP contribution in [0.2, 0.25) is 0 Å². The predicted molar refractivity (Wildman–Crippen MR) is 82.1 cm³/mol. The van der Waals surface area contributed by atoms with Crippen LogP contribution in [0.1, 0.15) is 12.5 Å². The fraction of sp³-hybridized carbons (Fsp3) is 0.133. The maximum atomic E-state index is 5.26. The number of rotatable bonds is 3. The van der Waals surface area contributed by atoms with E-state index in [1.807, 2.05) is 42.5 Å². The highest BCUT2D eigenvalue weighted by molar-refractivity contribution is 7.80. The summed E-state index contributed by atoms with van der Waals surface area (Å²) in [5.74, 6) is 0. The zero-order valence-corrected chi connectivity index (χ0v) is 11.1. The third-order valence-corrected chi connectivity index (χ3v) is 2.86. The van der Waals surface area contributed by atoms with Crippen molar-refractivity contribution in [2.24, 2.45) is 0 Å². The molecule has 0 bridgehead atoms. The maximum absolute atomic E-state index is 5.26. The molecule has 0 atom stereocenters. The summed E-state index contributed by atoms with van der Waals surface area (Å²) in [4.78, 5) is 0. The second-order valence-corrected chi connectivity index (χ2v) is 4.40. The van der Waals surface area contributed by atoms with Crippen LogP contribution in [0, 0.1) is 0 Å². The van der Waals surface area contributed by atoms with Gasteiger partial charge in [-0.3, -0.25) is 0 Å². The molecule has 0 aromatic heterocycles. The van der Waals surface area contributed by atoms with E-state index < -0.39 is 0 Å². The van der Waals surface area contributed by atoms with Gasteiger partial charge in [-0.1, -0.05) is 37.3 Å². The molecule has 0 spiro atoms. The largest absolute Gasteiger partial charge is 0.332 e. The number of thiocarbonyl (C=S) groups is 1. The first-order valence-corrected chi connectivity index (χ1v) is 6.41. The van der Waals surface area contributed by atoms with Gasteiger partial charge >= 0.3 is 0 Å². The third-order valence-electron chi connectivity index (χ3n) is 2.65. The highest BCUT2D eigenvalue weighted by atomic mass is 32.1. The van der Waals surface area contributed by atoms with E-state index in [0.29, 0.717) is 5.11 Å². The van der Waals surface area contributed by atoms with E-state index in [-0.39, 0.29) is 0 Å². The van der Waals surface area contributed by atoms with Crippen molar-refractivity contribution >= 4 is 28.7 Å². The molecule has 0 amide bonds. The smallest absolute Gasteiger partial charge is 0.175 e. The van der Waals surface area contributed by atoms with Gasteiger partial charge in [-0.05, 0) is 48.5 Å². The lowest BCUT2D eigenvalue weighted by Gasteiger charge is -2.10. The molecule has 0 fully saturated rings. The van der Waals surface area contributed by atoms with Crippen LogP contribution < -0.4 is 10.6 Å². The Morgan fingerprint density at radius 3 is 2.00 bits per heavy atom. The van der Waals surface area contributed by atoms with E-state index in [0.717, 1.165) is 17.8 Å². The SMILES string of the molecule is CCc1ccc(NC(=S)Nc2ccccc2)cc1. The minimum Gasteiger partial charge on any atom is -0.332 e. The van der Waals surface area contributed by atoms with Gasteiger partial charge < -0.3 is 10.6 Å². The highest BCUT2D eigenvalue weighted by Gasteiger charge is 1.98. The molecule has 18 heavy (non-hydrogen) atoms. The van der Waals surface area contributed by atoms with Crippen LogP contribution in [0.5, 0.6) is 0 Å². The zero-order chi connectivity index (χ0) is 12.8. The molecule has 3 heteroatoms. The summed E-state index contributed by atoms with van der Waals surface area (Å²) in [6, 6.07) is 18.2. The number of hydrogen-bond acceptors (Lipinski definition) is 1. The summed E-state index contributed by atoms with van der Waals surface area (Å²) in [7, 11) is 0. The molecule has 2 nitrogen and oxygen atoms in total. The molecule has 0 aliphatic rings. The van der Waals surface area contributed by atoms with E-state index in [1.165, 1.54) is 5.56 Å². The molecule has 0 unspecified atom stereocenters. The Kier molecular flexibility index (Phi) is 4.31. The van der Waals surface area contributed by atoms with Gasteiger partial charge in [0.1, 0.15) is 0 Å². The number of nitrogens with one attached hydrogen (secondary N) is 2. The Labute approximate surface area is 113 Å². The molecule has 2 aromatic rings. The molecule has 2 rings (SSSR count). The minimum atomic E-state index is 0.602. The van der Waals surface area contributed by atoms with Gasteiger partial charge in [-0.25, -0.2) is 0 Å². The molecule has 0 saturated heterocycles. The normalized spacial score (nSPS) is 9.83. The molecular weight excluding hydrogens is 240 g/mol. The Bertz CT molecular complexity index is 506. The molecule has 0 saturated carbocycles. The van der Waals surface area contributed by atoms with Crippen molar-refractivity contribution in [3.05, 3.63) is 60.2 Å². The Morgan fingerprint density at radius 1 is 0.889 bits per heavy atom. The summed E-state index contributed by atoms with van der Waals surface area (Å²) < 4.78 is 0. The fourth-order valence-corrected chi connectivity index (χ4v) is 1.87. The Balaban J connectivity index is 1.94. The molecule has 0 radical (unpaired) electrons. The van der Waals surface area contributed by atoms with Crippen molar-refractivity contribution in [3.63, 3.8) is 0 Å². The Hall–Kier alpha value is -1.87. The second kappa shape index (κ2) is 6.17. The third kappa shape index (κ3) is 3.57. The number of anilines is 2. The lowest BCUT2D eigenvalue weighted by Crippen LogP contribution is -2.18. The summed E-state index contributed by atoms with van der Waals surface area (Å²) >= 11 is 5.26. The summed E-state index contributed by atoms with van der Waals surface area (Å²) in [6.07, 6.45) is 1.05. The topological polar surface area (TPSA) is 24.1 Å². The molecule has 2 aromatic carbocycles. The van der Waals surface area contributed by atoms with Gasteiger partial charge in [0, 0.05) is 11.4 Å². The standard InChI is InChI=1S/C15H16N2S/c1-2-12-8-10-14(11-9-12)17-15(18)16-13-6-4-3-5-7-13/h3-11H,2H2,1H3,(H2,16,17,18). The van der Waals surface area contributed by atoms with Crippen molar-refractivity contribution in [1.82, 2.24) is 0 Å². The monoisotopic (exact) mass is 256 g/mol. The lowest BCUT2D eigenvalue weighted by atomic mass is 10.1. The predicted octanol–water partition coefficient (Wildman–Crippen LogP) is 4.06. The molecule has 2 N–H and O–H groups in total. The minimum absolute atomic E-state index is 0.602. The van der Waals surface area contributed by atoms with Gasteiger partial charge in [0.2, 0.25) is 0 Å². The molecule has 92 valence electrons. The van der Waals surface area contributed by atoms with Gasteiger partial charge in [0.15, 0.2) is 5.11 Å². The quantitative estimate of drug-likeness (QED) is 0.810. The molecule has 0 aliphatic carbocycles. The first kappa shape index (κ1) is 12.6. The van der Waals surface area contributed by atoms with Crippen LogP contribution in [-0.2, 0) is 6.42 Å². The van der Waals surface area contributed by atoms with Gasteiger partial charge in [-0.2, -0.15) is 0 Å². The van der Waals surface area contributed by atoms with Crippen molar-refractivity contribution in [2.45, 2.75) is 13.3 Å². The summed E-state index contributed by atoms with van der Waals surface area (Å²) in [5, 5.41) is 6.90. The Morgan fingerprint density at radius 2 is 1.44 bits per heavy atom. The van der Waals surface area contributed by atoms with E-state index in [4.69, 9.17) is 12.2 Å². The average Bonchev–Trinajstić information content (AvgIpc) is 2.40. The fourth-order valence-electron chi connectivity index (χ4n) is 1.64. The van der Waals surface area contributed by atoms with Gasteiger partial charge in [-0.15, -0.1) is 0 Å². The van der Waals surface area contributed by atoms with Crippen LogP contribution in [0.15, 0.2) is 54.6 Å². The van der Waals surface area contributed by atoms with Crippen molar-refractivity contribution in [3.8, 4) is 0 Å². The maximum Gasteiger partial charge on any atom is 0.175 e. The van der Waals surface area contributed by atoms with E-state index in [9.17, 15) is 0 Å². The van der Waals surface area contributed by atoms with E-state index >= 15 is 0 Å². The molecule has 0 heterocycles.